The van der Waals surface area contributed by atoms with Crippen LogP contribution in [0.5, 0.6) is 0 Å². The second-order valence-electron chi connectivity index (χ2n) is 2.50. The summed E-state index contributed by atoms with van der Waals surface area (Å²) >= 11 is 0. The maximum atomic E-state index is 12.3. The molecule has 0 bridgehead atoms. The summed E-state index contributed by atoms with van der Waals surface area (Å²) in [5.74, 6) is -0.951. The third-order valence-electron chi connectivity index (χ3n) is 1.54. The number of alkyl halides is 3. The molecule has 1 heterocycles. The second-order valence-corrected chi connectivity index (χ2v) is 2.50. The first-order valence-electron chi connectivity index (χ1n) is 3.53. The number of aromatic nitrogens is 1. The summed E-state index contributed by atoms with van der Waals surface area (Å²) in [6.45, 7) is 0. The molecule has 1 aromatic rings. The molecular formula is C7H3F3N2O3. The Balaban J connectivity index is 3.38. The van der Waals surface area contributed by atoms with Crippen LogP contribution < -0.4 is 0 Å². The number of carbonyl (C=O) groups is 1. The zero-order chi connectivity index (χ0) is 11.6. The minimum Gasteiger partial charge on any atom is -0.358 e. The average Bonchev–Trinajstić information content (AvgIpc) is 2.15. The Morgan fingerprint density at radius 2 is 2.07 bits per heavy atom. The third-order valence-corrected chi connectivity index (χ3v) is 1.54. The first-order chi connectivity index (χ1) is 6.86. The molecule has 5 nitrogen and oxygen atoms in total. The summed E-state index contributed by atoms with van der Waals surface area (Å²) in [7, 11) is 0. The summed E-state index contributed by atoms with van der Waals surface area (Å²) in [4.78, 5) is 22.4. The van der Waals surface area contributed by atoms with Crippen LogP contribution in [0.25, 0.3) is 0 Å². The zero-order valence-corrected chi connectivity index (χ0v) is 6.99. The molecule has 0 fully saturated rings. The van der Waals surface area contributed by atoms with Gasteiger partial charge in [-0.25, -0.2) is 0 Å². The van der Waals surface area contributed by atoms with Gasteiger partial charge in [-0.1, -0.05) is 0 Å². The van der Waals surface area contributed by atoms with Crippen LogP contribution in [0.4, 0.5) is 19.0 Å². The predicted molar refractivity (Wildman–Crippen MR) is 41.3 cm³/mol. The Morgan fingerprint density at radius 3 is 2.47 bits per heavy atom. The standard InChI is InChI=1S/C7H3F3N2O3/c8-7(9,10)5-1-6(12(14)15)11-2-4(5)3-13/h1-3H. The molecule has 1 rings (SSSR count). The molecule has 80 valence electrons. The molecule has 0 saturated carbocycles. The van der Waals surface area contributed by atoms with Gasteiger partial charge < -0.3 is 10.1 Å². The molecular weight excluding hydrogens is 217 g/mol. The lowest BCUT2D eigenvalue weighted by Crippen LogP contribution is -2.10. The topological polar surface area (TPSA) is 73.1 Å². The summed E-state index contributed by atoms with van der Waals surface area (Å²) in [6.07, 6.45) is -4.35. The number of hydrogen-bond acceptors (Lipinski definition) is 4. The van der Waals surface area contributed by atoms with E-state index in [2.05, 4.69) is 4.98 Å². The lowest BCUT2D eigenvalue weighted by atomic mass is 10.1. The van der Waals surface area contributed by atoms with E-state index in [4.69, 9.17) is 0 Å². The van der Waals surface area contributed by atoms with Crippen LogP contribution in [-0.2, 0) is 6.18 Å². The van der Waals surface area contributed by atoms with Crippen molar-refractivity contribution in [2.45, 2.75) is 6.18 Å². The van der Waals surface area contributed by atoms with Gasteiger partial charge in [0, 0.05) is 6.07 Å². The van der Waals surface area contributed by atoms with Gasteiger partial charge in [0.05, 0.1) is 11.1 Å². The molecule has 1 aromatic heterocycles. The summed E-state index contributed by atoms with van der Waals surface area (Å²) in [6, 6.07) is 0.226. The molecule has 0 spiro atoms. The maximum Gasteiger partial charge on any atom is 0.417 e. The van der Waals surface area contributed by atoms with Gasteiger partial charge in [0.15, 0.2) is 12.5 Å². The van der Waals surface area contributed by atoms with Gasteiger partial charge in [0.25, 0.3) is 0 Å². The molecule has 0 aliphatic carbocycles. The molecule has 0 radical (unpaired) electrons. The second kappa shape index (κ2) is 3.64. The molecule has 0 amide bonds. The Labute approximate surface area is 80.7 Å². The van der Waals surface area contributed by atoms with E-state index in [1.165, 1.54) is 0 Å². The van der Waals surface area contributed by atoms with Gasteiger partial charge in [-0.2, -0.15) is 13.2 Å². The van der Waals surface area contributed by atoms with Crippen molar-refractivity contribution in [3.8, 4) is 0 Å². The normalized spacial score (nSPS) is 11.1. The van der Waals surface area contributed by atoms with Crippen LogP contribution in [0.15, 0.2) is 12.3 Å². The summed E-state index contributed by atoms with van der Waals surface area (Å²) in [5, 5.41) is 10.2. The summed E-state index contributed by atoms with van der Waals surface area (Å²) in [5.41, 5.74) is -2.09. The van der Waals surface area contributed by atoms with Gasteiger partial charge in [0.2, 0.25) is 0 Å². The van der Waals surface area contributed by atoms with E-state index in [-0.39, 0.29) is 12.4 Å². The number of aldehydes is 1. The molecule has 15 heavy (non-hydrogen) atoms. The van der Waals surface area contributed by atoms with Crippen molar-refractivity contribution in [2.75, 3.05) is 0 Å². The highest BCUT2D eigenvalue weighted by atomic mass is 19.4. The fraction of sp³-hybridized carbons (Fsp3) is 0.143. The molecule has 0 unspecified atom stereocenters. The fourth-order valence-corrected chi connectivity index (χ4v) is 0.894. The highest BCUT2D eigenvalue weighted by molar-refractivity contribution is 5.77. The fourth-order valence-electron chi connectivity index (χ4n) is 0.894. The summed E-state index contributed by atoms with van der Waals surface area (Å²) < 4.78 is 36.8. The van der Waals surface area contributed by atoms with Crippen molar-refractivity contribution in [3.63, 3.8) is 0 Å². The van der Waals surface area contributed by atoms with Crippen LogP contribution >= 0.6 is 0 Å². The van der Waals surface area contributed by atoms with E-state index in [9.17, 15) is 28.1 Å². The van der Waals surface area contributed by atoms with Crippen LogP contribution in [0.2, 0.25) is 0 Å². The number of nitro groups is 1. The van der Waals surface area contributed by atoms with E-state index in [1.54, 1.807) is 0 Å². The van der Waals surface area contributed by atoms with Crippen LogP contribution in [0.3, 0.4) is 0 Å². The average molecular weight is 220 g/mol. The van der Waals surface area contributed by atoms with Gasteiger partial charge in [-0.3, -0.25) is 4.79 Å². The van der Waals surface area contributed by atoms with Crippen molar-refractivity contribution >= 4 is 12.1 Å². The number of nitrogens with zero attached hydrogens (tertiary/aromatic N) is 2. The number of rotatable bonds is 2. The van der Waals surface area contributed by atoms with Crippen molar-refractivity contribution in [3.05, 3.63) is 33.5 Å². The molecule has 0 aliphatic rings. The molecule has 8 heteroatoms. The number of halogens is 3. The van der Waals surface area contributed by atoms with Gasteiger partial charge in [-0.05, 0) is 9.91 Å². The molecule has 0 saturated heterocycles. The molecule has 0 aromatic carbocycles. The monoisotopic (exact) mass is 220 g/mol. The highest BCUT2D eigenvalue weighted by Crippen LogP contribution is 2.32. The number of pyridine rings is 1. The Bertz CT molecular complexity index is 416. The zero-order valence-electron chi connectivity index (χ0n) is 6.99. The number of hydrogen-bond donors (Lipinski definition) is 0. The van der Waals surface area contributed by atoms with E-state index in [0.717, 1.165) is 0 Å². The van der Waals surface area contributed by atoms with E-state index in [1.807, 2.05) is 0 Å². The minimum atomic E-state index is -4.82. The van der Waals surface area contributed by atoms with Crippen molar-refractivity contribution < 1.29 is 22.9 Å². The predicted octanol–water partition coefficient (Wildman–Crippen LogP) is 1.82. The molecule has 0 aliphatic heterocycles. The SMILES string of the molecule is O=Cc1cnc([N+](=O)[O-])cc1C(F)(F)F. The Morgan fingerprint density at radius 1 is 1.47 bits per heavy atom. The highest BCUT2D eigenvalue weighted by Gasteiger charge is 2.35. The largest absolute Gasteiger partial charge is 0.417 e. The first kappa shape index (κ1) is 11.1. The minimum absolute atomic E-state index is 0.0560. The maximum absolute atomic E-state index is 12.3. The quantitative estimate of drug-likeness (QED) is 0.433. The van der Waals surface area contributed by atoms with Gasteiger partial charge in [-0.15, -0.1) is 0 Å². The van der Waals surface area contributed by atoms with Crippen molar-refractivity contribution in [1.82, 2.24) is 4.98 Å². The first-order valence-corrected chi connectivity index (χ1v) is 3.53. The Kier molecular flexibility index (Phi) is 2.69. The third kappa shape index (κ3) is 2.27. The smallest absolute Gasteiger partial charge is 0.358 e. The molecule has 0 N–H and O–H groups in total. The van der Waals surface area contributed by atoms with E-state index >= 15 is 0 Å². The molecule has 0 atom stereocenters. The van der Waals surface area contributed by atoms with E-state index in [0.29, 0.717) is 6.20 Å². The lowest BCUT2D eigenvalue weighted by Gasteiger charge is -2.06. The number of carbonyl (C=O) groups excluding carboxylic acids is 1. The van der Waals surface area contributed by atoms with Gasteiger partial charge >= 0.3 is 12.0 Å². The van der Waals surface area contributed by atoms with Crippen molar-refractivity contribution in [1.29, 1.82) is 0 Å². The van der Waals surface area contributed by atoms with Gasteiger partial charge in [0.1, 0.15) is 0 Å². The van der Waals surface area contributed by atoms with Crippen LogP contribution in [0, 0.1) is 10.1 Å². The van der Waals surface area contributed by atoms with E-state index < -0.39 is 28.0 Å². The van der Waals surface area contributed by atoms with Crippen LogP contribution in [0.1, 0.15) is 15.9 Å². The Hall–Kier alpha value is -1.99. The van der Waals surface area contributed by atoms with Crippen molar-refractivity contribution in [2.24, 2.45) is 0 Å². The van der Waals surface area contributed by atoms with Crippen LogP contribution in [-0.4, -0.2) is 16.2 Å². The lowest BCUT2D eigenvalue weighted by molar-refractivity contribution is -0.389.